The van der Waals surface area contributed by atoms with Crippen molar-refractivity contribution in [2.75, 3.05) is 0 Å². The van der Waals surface area contributed by atoms with Gasteiger partial charge in [-0.05, 0) is 37.7 Å². The molecular formula is C17H28N2O. The van der Waals surface area contributed by atoms with Crippen LogP contribution in [-0.4, -0.2) is 17.5 Å². The summed E-state index contributed by atoms with van der Waals surface area (Å²) in [5.41, 5.74) is 7.02. The minimum Gasteiger partial charge on any atom is -0.350 e. The number of rotatable bonds is 5. The third-order valence-electron chi connectivity index (χ3n) is 3.07. The Morgan fingerprint density at radius 3 is 2.20 bits per heavy atom. The molecule has 1 rings (SSSR count). The maximum absolute atomic E-state index is 12.2. The lowest BCUT2D eigenvalue weighted by atomic mass is 9.81. The molecule has 0 bridgehead atoms. The van der Waals surface area contributed by atoms with Gasteiger partial charge in [0.15, 0.2) is 0 Å². The van der Waals surface area contributed by atoms with Crippen LogP contribution < -0.4 is 11.1 Å². The predicted octanol–water partition coefficient (Wildman–Crippen LogP) is 2.89. The van der Waals surface area contributed by atoms with Crippen molar-refractivity contribution in [3.05, 3.63) is 35.9 Å². The van der Waals surface area contributed by atoms with Crippen molar-refractivity contribution in [2.24, 2.45) is 11.1 Å². The summed E-state index contributed by atoms with van der Waals surface area (Å²) in [5.74, 6) is -0.0805. The summed E-state index contributed by atoms with van der Waals surface area (Å²) in [4.78, 5) is 12.2. The first kappa shape index (κ1) is 16.7. The number of carbonyl (C=O) groups excluding carboxylic acids is 1. The summed E-state index contributed by atoms with van der Waals surface area (Å²) in [6, 6.07) is 9.37. The minimum absolute atomic E-state index is 0.0805. The Kier molecular flexibility index (Phi) is 5.35. The lowest BCUT2D eigenvalue weighted by molar-refractivity contribution is -0.124. The molecule has 20 heavy (non-hydrogen) atoms. The molecule has 112 valence electrons. The van der Waals surface area contributed by atoms with Gasteiger partial charge in [0.1, 0.15) is 0 Å². The lowest BCUT2D eigenvalue weighted by Gasteiger charge is -2.34. The van der Waals surface area contributed by atoms with Crippen LogP contribution in [0.1, 0.15) is 46.6 Å². The third-order valence-corrected chi connectivity index (χ3v) is 3.07. The molecule has 3 heteroatoms. The first-order valence-corrected chi connectivity index (χ1v) is 7.21. The second kappa shape index (κ2) is 6.40. The van der Waals surface area contributed by atoms with Crippen molar-refractivity contribution in [1.29, 1.82) is 0 Å². The van der Waals surface area contributed by atoms with Crippen LogP contribution in [0.15, 0.2) is 30.3 Å². The van der Waals surface area contributed by atoms with Crippen LogP contribution in [0.25, 0.3) is 0 Å². The average molecular weight is 276 g/mol. The Morgan fingerprint density at radius 1 is 1.15 bits per heavy atom. The van der Waals surface area contributed by atoms with Crippen LogP contribution >= 0.6 is 0 Å². The van der Waals surface area contributed by atoms with E-state index in [9.17, 15) is 4.79 Å². The molecule has 3 N–H and O–H groups in total. The highest BCUT2D eigenvalue weighted by atomic mass is 16.2. The second-order valence-electron chi connectivity index (χ2n) is 7.41. The van der Waals surface area contributed by atoms with Crippen LogP contribution in [0.5, 0.6) is 0 Å². The Labute approximate surface area is 122 Å². The lowest BCUT2D eigenvalue weighted by Crippen LogP contribution is -2.52. The molecule has 1 aromatic carbocycles. The number of carbonyl (C=O) groups is 1. The summed E-state index contributed by atoms with van der Waals surface area (Å²) in [5, 5.41) is 3.07. The fourth-order valence-electron chi connectivity index (χ4n) is 2.76. The maximum Gasteiger partial charge on any atom is 0.237 e. The summed E-state index contributed by atoms with van der Waals surface area (Å²) in [6.07, 6.45) is 1.47. The van der Waals surface area contributed by atoms with Gasteiger partial charge in [-0.25, -0.2) is 0 Å². The smallest absolute Gasteiger partial charge is 0.237 e. The summed E-state index contributed by atoms with van der Waals surface area (Å²) in [6.45, 7) is 10.6. The molecular weight excluding hydrogens is 248 g/mol. The molecule has 0 aliphatic heterocycles. The highest BCUT2D eigenvalue weighted by molar-refractivity contribution is 5.82. The molecule has 1 atom stereocenters. The zero-order valence-corrected chi connectivity index (χ0v) is 13.4. The Hall–Kier alpha value is -1.35. The van der Waals surface area contributed by atoms with Gasteiger partial charge < -0.3 is 11.1 Å². The number of benzene rings is 1. The van der Waals surface area contributed by atoms with Crippen LogP contribution in [0.3, 0.4) is 0 Å². The number of hydrogen-bond donors (Lipinski definition) is 2. The first-order chi connectivity index (χ1) is 9.09. The molecule has 0 saturated carbocycles. The van der Waals surface area contributed by atoms with Gasteiger partial charge in [-0.1, -0.05) is 51.1 Å². The maximum atomic E-state index is 12.2. The van der Waals surface area contributed by atoms with E-state index in [0.717, 1.165) is 12.0 Å². The zero-order valence-electron chi connectivity index (χ0n) is 13.4. The number of amides is 1. The van der Waals surface area contributed by atoms with Gasteiger partial charge in [0.2, 0.25) is 5.91 Å². The molecule has 1 amide bonds. The largest absolute Gasteiger partial charge is 0.350 e. The van der Waals surface area contributed by atoms with E-state index in [1.165, 1.54) is 0 Å². The van der Waals surface area contributed by atoms with E-state index in [1.54, 1.807) is 0 Å². The highest BCUT2D eigenvalue weighted by Crippen LogP contribution is 2.26. The van der Waals surface area contributed by atoms with Crippen LogP contribution in [0.4, 0.5) is 0 Å². The zero-order chi connectivity index (χ0) is 15.4. The van der Waals surface area contributed by atoms with Gasteiger partial charge in [0.05, 0.1) is 6.04 Å². The van der Waals surface area contributed by atoms with Crippen molar-refractivity contribution < 1.29 is 4.79 Å². The normalized spacial score (nSPS) is 13.9. The number of nitrogens with two attached hydrogens (primary N) is 1. The van der Waals surface area contributed by atoms with Crippen LogP contribution in [0.2, 0.25) is 0 Å². The quantitative estimate of drug-likeness (QED) is 0.869. The standard InChI is InChI=1S/C17H28N2O/c1-16(2,3)12-17(4,5)19-15(20)14(18)11-13-9-7-6-8-10-13/h6-10,14H,11-12,18H2,1-5H3,(H,19,20)/t14-/m0/s1. The molecule has 0 aromatic heterocycles. The van der Waals surface area contributed by atoms with Crippen LogP contribution in [-0.2, 0) is 11.2 Å². The van der Waals surface area contributed by atoms with Gasteiger partial charge >= 0.3 is 0 Å². The van der Waals surface area contributed by atoms with E-state index in [2.05, 4.69) is 26.1 Å². The minimum atomic E-state index is -0.503. The Bertz CT molecular complexity index is 432. The molecule has 0 spiro atoms. The van der Waals surface area contributed by atoms with Gasteiger partial charge in [-0.15, -0.1) is 0 Å². The van der Waals surface area contributed by atoms with Crippen molar-refractivity contribution in [2.45, 2.75) is 59.0 Å². The van der Waals surface area contributed by atoms with E-state index in [1.807, 2.05) is 44.2 Å². The van der Waals surface area contributed by atoms with Gasteiger partial charge in [0, 0.05) is 5.54 Å². The molecule has 0 heterocycles. The van der Waals surface area contributed by atoms with Gasteiger partial charge in [-0.2, -0.15) is 0 Å². The Morgan fingerprint density at radius 2 is 1.70 bits per heavy atom. The molecule has 0 aliphatic rings. The molecule has 3 nitrogen and oxygen atoms in total. The van der Waals surface area contributed by atoms with Crippen molar-refractivity contribution in [3.8, 4) is 0 Å². The van der Waals surface area contributed by atoms with Crippen molar-refractivity contribution in [1.82, 2.24) is 5.32 Å². The first-order valence-electron chi connectivity index (χ1n) is 7.21. The van der Waals surface area contributed by atoms with Crippen LogP contribution in [0, 0.1) is 5.41 Å². The summed E-state index contributed by atoms with van der Waals surface area (Å²) in [7, 11) is 0. The highest BCUT2D eigenvalue weighted by Gasteiger charge is 2.28. The number of nitrogens with one attached hydrogen (secondary N) is 1. The van der Waals surface area contributed by atoms with E-state index in [0.29, 0.717) is 6.42 Å². The topological polar surface area (TPSA) is 55.1 Å². The predicted molar refractivity (Wildman–Crippen MR) is 84.4 cm³/mol. The van der Waals surface area contributed by atoms with E-state index < -0.39 is 6.04 Å². The average Bonchev–Trinajstić information content (AvgIpc) is 2.26. The van der Waals surface area contributed by atoms with Gasteiger partial charge in [0.25, 0.3) is 0 Å². The fourth-order valence-corrected chi connectivity index (χ4v) is 2.76. The third kappa shape index (κ3) is 6.20. The fraction of sp³-hybridized carbons (Fsp3) is 0.588. The summed E-state index contributed by atoms with van der Waals surface area (Å²) < 4.78 is 0. The SMILES string of the molecule is CC(C)(C)CC(C)(C)NC(=O)[C@@H](N)Cc1ccccc1. The molecule has 0 fully saturated rings. The summed E-state index contributed by atoms with van der Waals surface area (Å²) >= 11 is 0. The second-order valence-corrected chi connectivity index (χ2v) is 7.41. The van der Waals surface area contributed by atoms with E-state index in [-0.39, 0.29) is 16.9 Å². The van der Waals surface area contributed by atoms with Crippen molar-refractivity contribution >= 4 is 5.91 Å². The molecule has 0 aliphatic carbocycles. The number of hydrogen-bond acceptors (Lipinski definition) is 2. The monoisotopic (exact) mass is 276 g/mol. The molecule has 0 radical (unpaired) electrons. The van der Waals surface area contributed by atoms with E-state index >= 15 is 0 Å². The Balaban J connectivity index is 2.57. The van der Waals surface area contributed by atoms with Crippen molar-refractivity contribution in [3.63, 3.8) is 0 Å². The molecule has 1 aromatic rings. The van der Waals surface area contributed by atoms with E-state index in [4.69, 9.17) is 5.73 Å². The molecule has 0 unspecified atom stereocenters. The van der Waals surface area contributed by atoms with Gasteiger partial charge in [-0.3, -0.25) is 4.79 Å². The molecule has 0 saturated heterocycles.